The highest BCUT2D eigenvalue weighted by Crippen LogP contribution is 2.30. The Morgan fingerprint density at radius 3 is 2.73 bits per heavy atom. The molecule has 3 aromatic rings. The zero-order valence-corrected chi connectivity index (χ0v) is 18.9. The first-order valence-corrected chi connectivity index (χ1v) is 11.7. The first kappa shape index (κ1) is 21.8. The van der Waals surface area contributed by atoms with Crippen LogP contribution in [-0.2, 0) is 4.79 Å². The van der Waals surface area contributed by atoms with Crippen molar-refractivity contribution < 1.29 is 13.7 Å². The number of amides is 1. The summed E-state index contributed by atoms with van der Waals surface area (Å²) in [6.45, 7) is 2.91. The van der Waals surface area contributed by atoms with Crippen molar-refractivity contribution in [2.24, 2.45) is 5.92 Å². The van der Waals surface area contributed by atoms with Crippen LogP contribution >= 0.6 is 11.6 Å². The standard InChI is InChI=1S/C24H25ClFN5O2/c25-19-6-7-21(27-14-19)30-11-8-16(9-12-30)24(32)31-10-2-4-18(15-31)23-28-22(29-33-23)17-3-1-5-20(26)13-17/h1,3,5-7,13-14,16,18H,2,4,8-12,15H2. The van der Waals surface area contributed by atoms with E-state index in [0.717, 1.165) is 51.1 Å². The first-order chi connectivity index (χ1) is 16.1. The lowest BCUT2D eigenvalue weighted by Crippen LogP contribution is -2.46. The number of carbonyl (C=O) groups excluding carboxylic acids is 1. The lowest BCUT2D eigenvalue weighted by molar-refractivity contribution is -0.137. The topological polar surface area (TPSA) is 75.4 Å². The lowest BCUT2D eigenvalue weighted by atomic mass is 9.92. The normalized spacial score (nSPS) is 19.6. The second kappa shape index (κ2) is 9.47. The molecule has 33 heavy (non-hydrogen) atoms. The maximum absolute atomic E-state index is 13.5. The average molecular weight is 470 g/mol. The van der Waals surface area contributed by atoms with Crippen molar-refractivity contribution in [2.45, 2.75) is 31.6 Å². The zero-order chi connectivity index (χ0) is 22.8. The van der Waals surface area contributed by atoms with E-state index >= 15 is 0 Å². The number of pyridine rings is 1. The quantitative estimate of drug-likeness (QED) is 0.558. The third-order valence-electron chi connectivity index (χ3n) is 6.49. The van der Waals surface area contributed by atoms with Gasteiger partial charge in [0.15, 0.2) is 0 Å². The summed E-state index contributed by atoms with van der Waals surface area (Å²) >= 11 is 5.93. The molecule has 7 nitrogen and oxygen atoms in total. The van der Waals surface area contributed by atoms with Crippen LogP contribution < -0.4 is 4.90 Å². The third-order valence-corrected chi connectivity index (χ3v) is 6.71. The Morgan fingerprint density at radius 1 is 1.12 bits per heavy atom. The molecule has 1 amide bonds. The molecule has 4 heterocycles. The number of piperidine rings is 2. The van der Waals surface area contributed by atoms with Crippen LogP contribution in [0.1, 0.15) is 37.5 Å². The first-order valence-electron chi connectivity index (χ1n) is 11.3. The van der Waals surface area contributed by atoms with Gasteiger partial charge < -0.3 is 14.3 Å². The van der Waals surface area contributed by atoms with Crippen molar-refractivity contribution in [1.29, 1.82) is 0 Å². The summed E-state index contributed by atoms with van der Waals surface area (Å²) < 4.78 is 19.0. The van der Waals surface area contributed by atoms with Crippen molar-refractivity contribution in [3.63, 3.8) is 0 Å². The average Bonchev–Trinajstić information content (AvgIpc) is 3.35. The molecule has 1 unspecified atom stereocenters. The van der Waals surface area contributed by atoms with Crippen LogP contribution in [0.5, 0.6) is 0 Å². The van der Waals surface area contributed by atoms with Gasteiger partial charge in [0.1, 0.15) is 11.6 Å². The van der Waals surface area contributed by atoms with Crippen LogP contribution in [0.25, 0.3) is 11.4 Å². The van der Waals surface area contributed by atoms with Gasteiger partial charge in [-0.25, -0.2) is 9.37 Å². The van der Waals surface area contributed by atoms with E-state index in [1.54, 1.807) is 18.3 Å². The van der Waals surface area contributed by atoms with Crippen molar-refractivity contribution in [3.8, 4) is 11.4 Å². The van der Waals surface area contributed by atoms with E-state index in [-0.39, 0.29) is 23.6 Å². The van der Waals surface area contributed by atoms with Gasteiger partial charge in [-0.2, -0.15) is 4.98 Å². The highest BCUT2D eigenvalue weighted by atomic mass is 35.5. The molecule has 2 saturated heterocycles. The van der Waals surface area contributed by atoms with Crippen molar-refractivity contribution in [3.05, 3.63) is 59.3 Å². The lowest BCUT2D eigenvalue weighted by Gasteiger charge is -2.37. The molecule has 0 radical (unpaired) electrons. The second-order valence-corrected chi connectivity index (χ2v) is 9.12. The fourth-order valence-electron chi connectivity index (χ4n) is 4.69. The molecule has 2 fully saturated rings. The van der Waals surface area contributed by atoms with E-state index in [0.29, 0.717) is 28.8 Å². The molecular weight excluding hydrogens is 445 g/mol. The molecule has 0 aliphatic carbocycles. The zero-order valence-electron chi connectivity index (χ0n) is 18.2. The Bertz CT molecular complexity index is 1110. The number of halogens is 2. The predicted octanol–water partition coefficient (Wildman–Crippen LogP) is 4.55. The smallest absolute Gasteiger partial charge is 0.231 e. The maximum Gasteiger partial charge on any atom is 0.231 e. The van der Waals surface area contributed by atoms with E-state index in [1.165, 1.54) is 12.1 Å². The van der Waals surface area contributed by atoms with E-state index in [1.807, 2.05) is 17.0 Å². The minimum absolute atomic E-state index is 0.00383. The molecule has 2 aliphatic heterocycles. The van der Waals surface area contributed by atoms with Gasteiger partial charge in [-0.1, -0.05) is 28.9 Å². The third kappa shape index (κ3) is 4.85. The monoisotopic (exact) mass is 469 g/mol. The number of benzene rings is 1. The molecular formula is C24H25ClFN5O2. The minimum Gasteiger partial charge on any atom is -0.357 e. The number of nitrogens with zero attached hydrogens (tertiary/aromatic N) is 5. The van der Waals surface area contributed by atoms with E-state index in [4.69, 9.17) is 16.1 Å². The largest absolute Gasteiger partial charge is 0.357 e. The van der Waals surface area contributed by atoms with E-state index < -0.39 is 0 Å². The molecule has 1 aromatic carbocycles. The summed E-state index contributed by atoms with van der Waals surface area (Å²) in [5.74, 6) is 1.65. The van der Waals surface area contributed by atoms with Gasteiger partial charge >= 0.3 is 0 Å². The molecule has 1 atom stereocenters. The molecule has 0 saturated carbocycles. The van der Waals surface area contributed by atoms with Crippen LogP contribution in [-0.4, -0.2) is 52.1 Å². The molecule has 2 aliphatic rings. The van der Waals surface area contributed by atoms with Gasteiger partial charge in [-0.3, -0.25) is 4.79 Å². The van der Waals surface area contributed by atoms with Crippen molar-refractivity contribution in [1.82, 2.24) is 20.0 Å². The number of carbonyl (C=O) groups is 1. The second-order valence-electron chi connectivity index (χ2n) is 8.69. The summed E-state index contributed by atoms with van der Waals surface area (Å²) in [6, 6.07) is 9.90. The number of rotatable bonds is 4. The van der Waals surface area contributed by atoms with Crippen molar-refractivity contribution in [2.75, 3.05) is 31.1 Å². The molecule has 0 bridgehead atoms. The van der Waals surface area contributed by atoms with Crippen molar-refractivity contribution >= 4 is 23.3 Å². The number of anilines is 1. The van der Waals surface area contributed by atoms with Crippen LogP contribution in [0.15, 0.2) is 47.1 Å². The number of aromatic nitrogens is 3. The summed E-state index contributed by atoms with van der Waals surface area (Å²) in [5, 5.41) is 4.65. The molecule has 0 spiro atoms. The van der Waals surface area contributed by atoms with Gasteiger partial charge in [-0.15, -0.1) is 0 Å². The molecule has 9 heteroatoms. The fourth-order valence-corrected chi connectivity index (χ4v) is 4.81. The fraction of sp³-hybridized carbons (Fsp3) is 0.417. The minimum atomic E-state index is -0.342. The Morgan fingerprint density at radius 2 is 1.97 bits per heavy atom. The Labute approximate surface area is 196 Å². The predicted molar refractivity (Wildman–Crippen MR) is 122 cm³/mol. The van der Waals surface area contributed by atoms with E-state index in [2.05, 4.69) is 20.0 Å². The summed E-state index contributed by atoms with van der Waals surface area (Å²) in [6.07, 6.45) is 5.03. The van der Waals surface area contributed by atoms with Crippen LogP contribution in [0, 0.1) is 11.7 Å². The summed E-state index contributed by atoms with van der Waals surface area (Å²) in [5.41, 5.74) is 0.579. The van der Waals surface area contributed by atoms with Gasteiger partial charge in [0.25, 0.3) is 0 Å². The summed E-state index contributed by atoms with van der Waals surface area (Å²) in [4.78, 5) is 26.3. The number of hydrogen-bond donors (Lipinski definition) is 0. The maximum atomic E-state index is 13.5. The van der Waals surface area contributed by atoms with Gasteiger partial charge in [0.05, 0.1) is 10.9 Å². The van der Waals surface area contributed by atoms with Crippen LogP contribution in [0.3, 0.4) is 0 Å². The van der Waals surface area contributed by atoms with Crippen LogP contribution in [0.2, 0.25) is 5.02 Å². The Balaban J connectivity index is 1.20. The molecule has 5 rings (SSSR count). The van der Waals surface area contributed by atoms with Gasteiger partial charge in [0.2, 0.25) is 17.6 Å². The summed E-state index contributed by atoms with van der Waals surface area (Å²) in [7, 11) is 0. The van der Waals surface area contributed by atoms with Gasteiger partial charge in [0, 0.05) is 43.9 Å². The van der Waals surface area contributed by atoms with E-state index in [9.17, 15) is 9.18 Å². The highest BCUT2D eigenvalue weighted by molar-refractivity contribution is 6.30. The Hall–Kier alpha value is -3.00. The molecule has 0 N–H and O–H groups in total. The molecule has 2 aromatic heterocycles. The molecule has 172 valence electrons. The number of likely N-dealkylation sites (tertiary alicyclic amines) is 1. The number of hydrogen-bond acceptors (Lipinski definition) is 6. The van der Waals surface area contributed by atoms with Crippen LogP contribution in [0.4, 0.5) is 10.2 Å². The Kier molecular flexibility index (Phi) is 6.26. The highest BCUT2D eigenvalue weighted by Gasteiger charge is 2.33. The SMILES string of the molecule is O=C(C1CCN(c2ccc(Cl)cn2)CC1)N1CCCC(c2nc(-c3cccc(F)c3)no2)C1. The van der Waals surface area contributed by atoms with Gasteiger partial charge in [-0.05, 0) is 49.9 Å².